The maximum Gasteiger partial charge on any atom is 0.224 e. The van der Waals surface area contributed by atoms with Crippen molar-refractivity contribution < 1.29 is 13.9 Å². The van der Waals surface area contributed by atoms with Crippen LogP contribution in [-0.2, 0) is 11.3 Å². The van der Waals surface area contributed by atoms with Gasteiger partial charge in [0.05, 0.1) is 7.11 Å². The highest BCUT2D eigenvalue weighted by Crippen LogP contribution is 2.18. The van der Waals surface area contributed by atoms with Crippen molar-refractivity contribution in [3.05, 3.63) is 29.6 Å². The Morgan fingerprint density at radius 2 is 2.21 bits per heavy atom. The van der Waals surface area contributed by atoms with Crippen molar-refractivity contribution in [3.63, 3.8) is 0 Å². The zero-order chi connectivity index (χ0) is 14.4. The van der Waals surface area contributed by atoms with Gasteiger partial charge in [0.15, 0.2) is 11.6 Å². The molecule has 19 heavy (non-hydrogen) atoms. The lowest BCUT2D eigenvalue weighted by Crippen LogP contribution is -2.32. The van der Waals surface area contributed by atoms with E-state index in [1.807, 2.05) is 6.92 Å². The summed E-state index contributed by atoms with van der Waals surface area (Å²) < 4.78 is 18.4. The number of nitrogens with two attached hydrogens (primary N) is 1. The number of hydrogen-bond acceptors (Lipinski definition) is 3. The second-order valence-corrected chi connectivity index (χ2v) is 4.59. The van der Waals surface area contributed by atoms with E-state index in [1.165, 1.54) is 13.2 Å². The molecule has 4 nitrogen and oxygen atoms in total. The maximum absolute atomic E-state index is 13.5. The monoisotopic (exact) mass is 268 g/mol. The van der Waals surface area contributed by atoms with Crippen LogP contribution in [0.2, 0.25) is 0 Å². The van der Waals surface area contributed by atoms with Crippen LogP contribution < -0.4 is 10.5 Å². The Morgan fingerprint density at radius 1 is 1.53 bits per heavy atom. The van der Waals surface area contributed by atoms with E-state index in [2.05, 4.69) is 0 Å². The van der Waals surface area contributed by atoms with Gasteiger partial charge in [-0.2, -0.15) is 0 Å². The molecule has 0 aliphatic carbocycles. The lowest BCUT2D eigenvalue weighted by atomic mass is 10.1. The third kappa shape index (κ3) is 4.52. The minimum absolute atomic E-state index is 0.0365. The van der Waals surface area contributed by atoms with Gasteiger partial charge in [-0.15, -0.1) is 0 Å². The van der Waals surface area contributed by atoms with Crippen LogP contribution in [-0.4, -0.2) is 31.0 Å². The predicted molar refractivity (Wildman–Crippen MR) is 72.3 cm³/mol. The average molecular weight is 268 g/mol. The van der Waals surface area contributed by atoms with E-state index in [4.69, 9.17) is 10.5 Å². The molecule has 0 saturated heterocycles. The Balaban J connectivity index is 2.63. The van der Waals surface area contributed by atoms with Crippen molar-refractivity contribution in [1.29, 1.82) is 0 Å². The number of methoxy groups -OCH3 is 1. The summed E-state index contributed by atoms with van der Waals surface area (Å²) in [5.41, 5.74) is 6.46. The highest BCUT2D eigenvalue weighted by Gasteiger charge is 2.13. The first kappa shape index (κ1) is 15.4. The van der Waals surface area contributed by atoms with Gasteiger partial charge in [0.1, 0.15) is 0 Å². The normalized spacial score (nSPS) is 12.1. The lowest BCUT2D eigenvalue weighted by molar-refractivity contribution is -0.130. The van der Waals surface area contributed by atoms with E-state index in [9.17, 15) is 9.18 Å². The third-order valence-electron chi connectivity index (χ3n) is 3.02. The minimum atomic E-state index is -0.425. The molecule has 1 aromatic carbocycles. The highest BCUT2D eigenvalue weighted by molar-refractivity contribution is 5.76. The topological polar surface area (TPSA) is 55.6 Å². The van der Waals surface area contributed by atoms with E-state index < -0.39 is 5.82 Å². The fourth-order valence-corrected chi connectivity index (χ4v) is 1.69. The first-order valence-electron chi connectivity index (χ1n) is 6.29. The Bertz CT molecular complexity index is 437. The molecule has 0 aromatic heterocycles. The van der Waals surface area contributed by atoms with Crippen molar-refractivity contribution in [2.24, 2.45) is 5.73 Å². The summed E-state index contributed by atoms with van der Waals surface area (Å²) >= 11 is 0. The second kappa shape index (κ2) is 7.09. The number of carbonyl (C=O) groups excluding carboxylic acids is 1. The highest BCUT2D eigenvalue weighted by atomic mass is 19.1. The van der Waals surface area contributed by atoms with Crippen molar-refractivity contribution >= 4 is 5.91 Å². The largest absolute Gasteiger partial charge is 0.494 e. The van der Waals surface area contributed by atoms with Gasteiger partial charge in [0.2, 0.25) is 5.91 Å². The summed E-state index contributed by atoms with van der Waals surface area (Å²) in [6.07, 6.45) is 1.07. The molecule has 0 bridgehead atoms. The number of rotatable bonds is 6. The standard InChI is InChI=1S/C14H21FN2O2/c1-4-11(16)8-14(18)17(2)9-10-5-6-13(19-3)12(15)7-10/h5-7,11H,4,8-9,16H2,1-3H3. The lowest BCUT2D eigenvalue weighted by Gasteiger charge is -2.19. The van der Waals surface area contributed by atoms with Crippen LogP contribution >= 0.6 is 0 Å². The summed E-state index contributed by atoms with van der Waals surface area (Å²) in [5, 5.41) is 0. The molecule has 106 valence electrons. The first-order valence-corrected chi connectivity index (χ1v) is 6.29. The Morgan fingerprint density at radius 3 is 2.74 bits per heavy atom. The van der Waals surface area contributed by atoms with Gasteiger partial charge >= 0.3 is 0 Å². The summed E-state index contributed by atoms with van der Waals surface area (Å²) in [5.74, 6) is -0.262. The first-order chi connectivity index (χ1) is 8.97. The fourth-order valence-electron chi connectivity index (χ4n) is 1.69. The van der Waals surface area contributed by atoms with Gasteiger partial charge < -0.3 is 15.4 Å². The molecule has 0 aliphatic heterocycles. The van der Waals surface area contributed by atoms with Crippen LogP contribution in [0.5, 0.6) is 5.75 Å². The number of amides is 1. The molecule has 5 heteroatoms. The SMILES string of the molecule is CCC(N)CC(=O)N(C)Cc1ccc(OC)c(F)c1. The van der Waals surface area contributed by atoms with Gasteiger partial charge in [-0.3, -0.25) is 4.79 Å². The number of benzene rings is 1. The molecule has 1 unspecified atom stereocenters. The molecule has 2 N–H and O–H groups in total. The van der Waals surface area contributed by atoms with Gasteiger partial charge in [-0.1, -0.05) is 13.0 Å². The Kier molecular flexibility index (Phi) is 5.76. The number of carbonyl (C=O) groups is 1. The number of halogens is 1. The maximum atomic E-state index is 13.5. The van der Waals surface area contributed by atoms with Crippen molar-refractivity contribution in [2.75, 3.05) is 14.2 Å². The van der Waals surface area contributed by atoms with Gasteiger partial charge in [-0.25, -0.2) is 4.39 Å². The van der Waals surface area contributed by atoms with Crippen molar-refractivity contribution in [3.8, 4) is 5.75 Å². The molecule has 0 spiro atoms. The van der Waals surface area contributed by atoms with E-state index >= 15 is 0 Å². The van der Waals surface area contributed by atoms with Crippen molar-refractivity contribution in [1.82, 2.24) is 4.90 Å². The number of ether oxygens (including phenoxy) is 1. The van der Waals surface area contributed by atoms with Gasteiger partial charge in [0, 0.05) is 26.1 Å². The summed E-state index contributed by atoms with van der Waals surface area (Å²) in [6.45, 7) is 2.30. The number of nitrogens with zero attached hydrogens (tertiary/aromatic N) is 1. The molecule has 0 heterocycles. The number of hydrogen-bond donors (Lipinski definition) is 1. The molecule has 1 amide bonds. The average Bonchev–Trinajstić information content (AvgIpc) is 2.38. The summed E-state index contributed by atoms with van der Waals surface area (Å²) in [6, 6.07) is 4.55. The molecule has 1 atom stereocenters. The molecule has 0 aliphatic rings. The van der Waals surface area contributed by atoms with E-state index in [-0.39, 0.29) is 17.7 Å². The van der Waals surface area contributed by atoms with Gasteiger partial charge in [-0.05, 0) is 24.1 Å². The van der Waals surface area contributed by atoms with Crippen LogP contribution in [0.3, 0.4) is 0 Å². The predicted octanol–water partition coefficient (Wildman–Crippen LogP) is 1.92. The molecular formula is C14H21FN2O2. The molecular weight excluding hydrogens is 247 g/mol. The Hall–Kier alpha value is -1.62. The molecule has 0 fully saturated rings. The van der Waals surface area contributed by atoms with E-state index in [1.54, 1.807) is 24.1 Å². The molecule has 1 rings (SSSR count). The minimum Gasteiger partial charge on any atom is -0.494 e. The van der Waals surface area contributed by atoms with Crippen LogP contribution in [0, 0.1) is 5.82 Å². The van der Waals surface area contributed by atoms with E-state index in [0.29, 0.717) is 13.0 Å². The van der Waals surface area contributed by atoms with E-state index in [0.717, 1.165) is 12.0 Å². The van der Waals surface area contributed by atoms with Crippen LogP contribution in [0.15, 0.2) is 18.2 Å². The van der Waals surface area contributed by atoms with Crippen LogP contribution in [0.4, 0.5) is 4.39 Å². The smallest absolute Gasteiger partial charge is 0.224 e. The molecule has 0 radical (unpaired) electrons. The Labute approximate surface area is 113 Å². The zero-order valence-corrected chi connectivity index (χ0v) is 11.6. The summed E-state index contributed by atoms with van der Waals surface area (Å²) in [4.78, 5) is 13.4. The van der Waals surface area contributed by atoms with Crippen molar-refractivity contribution in [2.45, 2.75) is 32.4 Å². The van der Waals surface area contributed by atoms with Gasteiger partial charge in [0.25, 0.3) is 0 Å². The third-order valence-corrected chi connectivity index (χ3v) is 3.02. The summed E-state index contributed by atoms with van der Waals surface area (Å²) in [7, 11) is 3.10. The molecule has 1 aromatic rings. The quantitative estimate of drug-likeness (QED) is 0.857. The van der Waals surface area contributed by atoms with Crippen LogP contribution in [0.1, 0.15) is 25.3 Å². The second-order valence-electron chi connectivity index (χ2n) is 4.59. The fraction of sp³-hybridized carbons (Fsp3) is 0.500. The zero-order valence-electron chi connectivity index (χ0n) is 11.6. The molecule has 0 saturated carbocycles. The van der Waals surface area contributed by atoms with Crippen LogP contribution in [0.25, 0.3) is 0 Å².